The quantitative estimate of drug-likeness (QED) is 0.448. The van der Waals surface area contributed by atoms with E-state index >= 15 is 0 Å². The molecule has 1 aromatic heterocycles. The summed E-state index contributed by atoms with van der Waals surface area (Å²) < 4.78 is 36.0. The van der Waals surface area contributed by atoms with Gasteiger partial charge in [0, 0.05) is 11.1 Å². The van der Waals surface area contributed by atoms with Gasteiger partial charge < -0.3 is 0 Å². The molecular formula is C6H3F3INS. The molecule has 0 saturated heterocycles. The Morgan fingerprint density at radius 1 is 1.33 bits per heavy atom. The van der Waals surface area contributed by atoms with E-state index in [-0.39, 0.29) is 16.7 Å². The highest BCUT2D eigenvalue weighted by atomic mass is 127. The average Bonchev–Trinajstić information content (AvgIpc) is 1.91. The molecule has 1 heterocycles. The third-order valence-electron chi connectivity index (χ3n) is 0.934. The van der Waals surface area contributed by atoms with E-state index in [1.54, 1.807) is 0 Å². The molecule has 0 aromatic carbocycles. The van der Waals surface area contributed by atoms with Crippen molar-refractivity contribution in [2.75, 3.05) is 0 Å². The van der Waals surface area contributed by atoms with Crippen molar-refractivity contribution in [2.24, 2.45) is 0 Å². The van der Waals surface area contributed by atoms with Gasteiger partial charge in [-0.15, -0.1) is 0 Å². The summed E-state index contributed by atoms with van der Waals surface area (Å²) in [6.45, 7) is 0. The zero-order valence-corrected chi connectivity index (χ0v) is 8.57. The molecule has 0 N–H and O–H groups in total. The lowest BCUT2D eigenvalue weighted by Crippen LogP contribution is -1.99. The Labute approximate surface area is 84.9 Å². The van der Waals surface area contributed by atoms with Crippen molar-refractivity contribution in [3.05, 3.63) is 22.0 Å². The van der Waals surface area contributed by atoms with Crippen LogP contribution in [0.1, 0.15) is 0 Å². The summed E-state index contributed by atoms with van der Waals surface area (Å²) in [5, 5.41) is 0. The first-order chi connectivity index (χ1) is 5.47. The third kappa shape index (κ3) is 3.61. The van der Waals surface area contributed by atoms with Crippen LogP contribution in [0, 0.1) is 3.70 Å². The number of halogens is 4. The second-order valence-corrected chi connectivity index (χ2v) is 4.11. The summed E-state index contributed by atoms with van der Waals surface area (Å²) in [6, 6.07) is 2.93. The number of rotatable bonds is 1. The fraction of sp³-hybridized carbons (Fsp3) is 0.167. The molecule has 0 fully saturated rings. The van der Waals surface area contributed by atoms with Gasteiger partial charge in [-0.1, -0.05) is 0 Å². The van der Waals surface area contributed by atoms with Gasteiger partial charge in [0.05, 0.1) is 0 Å². The Bertz CT molecular complexity index is 258. The predicted molar refractivity (Wildman–Crippen MR) is 48.9 cm³/mol. The molecule has 0 saturated carbocycles. The van der Waals surface area contributed by atoms with E-state index < -0.39 is 5.51 Å². The van der Waals surface area contributed by atoms with E-state index in [2.05, 4.69) is 4.98 Å². The summed E-state index contributed by atoms with van der Waals surface area (Å²) in [5.41, 5.74) is -4.23. The Morgan fingerprint density at radius 3 is 2.42 bits per heavy atom. The number of aromatic nitrogens is 1. The van der Waals surface area contributed by atoms with Crippen molar-refractivity contribution >= 4 is 34.4 Å². The Morgan fingerprint density at radius 2 is 2.00 bits per heavy atom. The average molecular weight is 305 g/mol. The van der Waals surface area contributed by atoms with Gasteiger partial charge in [0.15, 0.2) is 0 Å². The molecule has 0 aliphatic rings. The SMILES string of the molecule is FC(F)(F)Sc1ccc(I)nc1. The maximum Gasteiger partial charge on any atom is 0.446 e. The van der Waals surface area contributed by atoms with Gasteiger partial charge in [0.25, 0.3) is 0 Å². The summed E-state index contributed by atoms with van der Waals surface area (Å²) in [6.07, 6.45) is 1.21. The van der Waals surface area contributed by atoms with Gasteiger partial charge in [-0.2, -0.15) is 13.2 Å². The number of thioether (sulfide) groups is 1. The van der Waals surface area contributed by atoms with Crippen molar-refractivity contribution in [2.45, 2.75) is 10.4 Å². The Kier molecular flexibility index (Phi) is 3.22. The van der Waals surface area contributed by atoms with Crippen LogP contribution in [-0.2, 0) is 0 Å². The Balaban J connectivity index is 2.71. The lowest BCUT2D eigenvalue weighted by Gasteiger charge is -2.03. The molecule has 0 radical (unpaired) electrons. The molecule has 6 heteroatoms. The van der Waals surface area contributed by atoms with Gasteiger partial charge in [-0.3, -0.25) is 0 Å². The highest BCUT2D eigenvalue weighted by Crippen LogP contribution is 2.36. The second kappa shape index (κ2) is 3.82. The van der Waals surface area contributed by atoms with Gasteiger partial charge in [0.1, 0.15) is 3.70 Å². The van der Waals surface area contributed by atoms with Crippen molar-refractivity contribution in [3.8, 4) is 0 Å². The molecule has 66 valence electrons. The van der Waals surface area contributed by atoms with Crippen molar-refractivity contribution < 1.29 is 13.2 Å². The van der Waals surface area contributed by atoms with Gasteiger partial charge in [0.2, 0.25) is 0 Å². The van der Waals surface area contributed by atoms with Crippen LogP contribution in [0.4, 0.5) is 13.2 Å². The minimum atomic E-state index is -4.23. The zero-order valence-electron chi connectivity index (χ0n) is 5.60. The van der Waals surface area contributed by atoms with Crippen LogP contribution < -0.4 is 0 Å². The van der Waals surface area contributed by atoms with Crippen LogP contribution in [0.25, 0.3) is 0 Å². The van der Waals surface area contributed by atoms with E-state index in [4.69, 9.17) is 0 Å². The van der Waals surface area contributed by atoms with E-state index in [9.17, 15) is 13.2 Å². The second-order valence-electron chi connectivity index (χ2n) is 1.86. The number of nitrogens with zero attached hydrogens (tertiary/aromatic N) is 1. The topological polar surface area (TPSA) is 12.9 Å². The standard InChI is InChI=1S/C6H3F3INS/c7-6(8,9)12-4-1-2-5(10)11-3-4/h1-3H. The molecule has 0 spiro atoms. The summed E-state index contributed by atoms with van der Waals surface area (Å²) in [7, 11) is 0. The third-order valence-corrected chi connectivity index (χ3v) is 2.28. The normalized spacial score (nSPS) is 11.7. The van der Waals surface area contributed by atoms with Crippen LogP contribution in [-0.4, -0.2) is 10.5 Å². The van der Waals surface area contributed by atoms with Crippen LogP contribution in [0.5, 0.6) is 0 Å². The van der Waals surface area contributed by atoms with E-state index in [1.165, 1.54) is 18.3 Å². The van der Waals surface area contributed by atoms with Crippen molar-refractivity contribution in [3.63, 3.8) is 0 Å². The zero-order chi connectivity index (χ0) is 9.19. The summed E-state index contributed by atoms with van der Waals surface area (Å²) in [5.74, 6) is 0. The molecular weight excluding hydrogens is 302 g/mol. The molecule has 0 aliphatic heterocycles. The van der Waals surface area contributed by atoms with Gasteiger partial charge >= 0.3 is 5.51 Å². The number of alkyl halides is 3. The molecule has 0 bridgehead atoms. The van der Waals surface area contributed by atoms with E-state index in [0.29, 0.717) is 3.70 Å². The highest BCUT2D eigenvalue weighted by molar-refractivity contribution is 14.1. The monoisotopic (exact) mass is 305 g/mol. The van der Waals surface area contributed by atoms with Crippen LogP contribution >= 0.6 is 34.4 Å². The maximum absolute atomic E-state index is 11.8. The van der Waals surface area contributed by atoms with Crippen LogP contribution in [0.3, 0.4) is 0 Å². The molecule has 0 atom stereocenters. The molecule has 1 rings (SSSR count). The van der Waals surface area contributed by atoms with Crippen molar-refractivity contribution in [1.82, 2.24) is 4.98 Å². The molecule has 0 amide bonds. The number of hydrogen-bond acceptors (Lipinski definition) is 2. The predicted octanol–water partition coefficient (Wildman–Crippen LogP) is 3.30. The highest BCUT2D eigenvalue weighted by Gasteiger charge is 2.29. The van der Waals surface area contributed by atoms with Crippen LogP contribution in [0.15, 0.2) is 23.2 Å². The fourth-order valence-electron chi connectivity index (χ4n) is 0.556. The first-order valence-corrected chi connectivity index (χ1v) is 4.74. The number of hydrogen-bond donors (Lipinski definition) is 0. The van der Waals surface area contributed by atoms with Gasteiger partial charge in [-0.05, 0) is 46.5 Å². The lowest BCUT2D eigenvalue weighted by atomic mass is 10.5. The minimum Gasteiger partial charge on any atom is -0.249 e. The van der Waals surface area contributed by atoms with Gasteiger partial charge in [-0.25, -0.2) is 4.98 Å². The number of pyridine rings is 1. The van der Waals surface area contributed by atoms with E-state index in [1.807, 2.05) is 22.6 Å². The first kappa shape index (κ1) is 10.1. The minimum absolute atomic E-state index is 0.114. The Hall–Kier alpha value is 0.0200. The summed E-state index contributed by atoms with van der Waals surface area (Å²) >= 11 is 1.78. The van der Waals surface area contributed by atoms with Crippen molar-refractivity contribution in [1.29, 1.82) is 0 Å². The smallest absolute Gasteiger partial charge is 0.249 e. The molecule has 1 nitrogen and oxygen atoms in total. The fourth-order valence-corrected chi connectivity index (χ4v) is 1.38. The molecule has 1 aromatic rings. The largest absolute Gasteiger partial charge is 0.446 e. The molecule has 0 unspecified atom stereocenters. The maximum atomic E-state index is 11.8. The molecule has 12 heavy (non-hydrogen) atoms. The van der Waals surface area contributed by atoms with E-state index in [0.717, 1.165) is 0 Å². The lowest BCUT2D eigenvalue weighted by molar-refractivity contribution is -0.0328. The summed E-state index contributed by atoms with van der Waals surface area (Å²) in [4.78, 5) is 3.84. The van der Waals surface area contributed by atoms with Crippen LogP contribution in [0.2, 0.25) is 0 Å². The molecule has 0 aliphatic carbocycles. The first-order valence-electron chi connectivity index (χ1n) is 2.85.